The van der Waals surface area contributed by atoms with Crippen LogP contribution in [0.3, 0.4) is 0 Å². The van der Waals surface area contributed by atoms with Gasteiger partial charge in [0.25, 0.3) is 0 Å². The van der Waals surface area contributed by atoms with Crippen molar-refractivity contribution in [3.05, 3.63) is 39.2 Å². The Morgan fingerprint density at radius 2 is 1.93 bits per heavy atom. The molecule has 2 heterocycles. The fraction of sp³-hybridized carbons (Fsp3) is 0.619. The maximum atomic E-state index is 10.8. The predicted molar refractivity (Wildman–Crippen MR) is 132 cm³/mol. The van der Waals surface area contributed by atoms with Crippen molar-refractivity contribution in [2.24, 2.45) is 4.99 Å². The van der Waals surface area contributed by atoms with Gasteiger partial charge in [-0.3, -0.25) is 0 Å². The van der Waals surface area contributed by atoms with Crippen molar-refractivity contribution in [1.82, 2.24) is 15.6 Å². The van der Waals surface area contributed by atoms with Crippen molar-refractivity contribution in [2.45, 2.75) is 65.9 Å². The molecule has 0 saturated carbocycles. The SMILES string of the molecule is CCNC(=NCC(C)(O)c1cc(C)oc1C)NCCc1nc(C(C)(C)C)cs1.I. The van der Waals surface area contributed by atoms with Crippen LogP contribution in [0, 0.1) is 13.8 Å². The number of guanidine groups is 1. The minimum atomic E-state index is -1.08. The van der Waals surface area contributed by atoms with Gasteiger partial charge in [-0.2, -0.15) is 0 Å². The van der Waals surface area contributed by atoms with Gasteiger partial charge >= 0.3 is 0 Å². The minimum Gasteiger partial charge on any atom is -0.466 e. The Balaban J connectivity index is 0.00000420. The zero-order valence-electron chi connectivity index (χ0n) is 18.5. The van der Waals surface area contributed by atoms with E-state index in [9.17, 15) is 5.11 Å². The fourth-order valence-corrected chi connectivity index (χ4v) is 3.91. The van der Waals surface area contributed by atoms with E-state index >= 15 is 0 Å². The largest absolute Gasteiger partial charge is 0.466 e. The summed E-state index contributed by atoms with van der Waals surface area (Å²) < 4.78 is 5.55. The van der Waals surface area contributed by atoms with E-state index in [4.69, 9.17) is 9.40 Å². The molecule has 0 radical (unpaired) electrons. The standard InChI is InChI=1S/C21H34N4O2S.HI/c1-8-22-19(23-10-9-18-25-17(12-28-18)20(4,5)6)24-13-21(7,26)16-11-14(2)27-15(16)3;/h11-12,26H,8-10,13H2,1-7H3,(H2,22,23,24);1H. The van der Waals surface area contributed by atoms with Gasteiger partial charge in [0.1, 0.15) is 17.1 Å². The molecule has 29 heavy (non-hydrogen) atoms. The van der Waals surface area contributed by atoms with Crippen molar-refractivity contribution >= 4 is 41.3 Å². The molecule has 0 amide bonds. The topological polar surface area (TPSA) is 82.7 Å². The molecule has 0 aliphatic rings. The summed E-state index contributed by atoms with van der Waals surface area (Å²) in [7, 11) is 0. The fourth-order valence-electron chi connectivity index (χ4n) is 2.88. The second-order valence-electron chi connectivity index (χ2n) is 8.35. The zero-order valence-corrected chi connectivity index (χ0v) is 21.7. The number of aryl methyl sites for hydroxylation is 2. The van der Waals surface area contributed by atoms with Gasteiger partial charge in [0.2, 0.25) is 0 Å². The molecule has 0 aliphatic heterocycles. The van der Waals surface area contributed by atoms with Crippen LogP contribution in [0.2, 0.25) is 0 Å². The Morgan fingerprint density at radius 3 is 2.45 bits per heavy atom. The molecule has 8 heteroatoms. The summed E-state index contributed by atoms with van der Waals surface area (Å²) in [5.74, 6) is 2.21. The second-order valence-corrected chi connectivity index (χ2v) is 9.29. The second kappa shape index (κ2) is 10.8. The summed E-state index contributed by atoms with van der Waals surface area (Å²) in [6, 6.07) is 1.88. The van der Waals surface area contributed by atoms with Crippen LogP contribution < -0.4 is 10.6 Å². The van der Waals surface area contributed by atoms with Gasteiger partial charge in [-0.25, -0.2) is 9.98 Å². The normalized spacial score (nSPS) is 14.3. The Kier molecular flexibility index (Phi) is 9.62. The van der Waals surface area contributed by atoms with Gasteiger partial charge in [0.05, 0.1) is 17.2 Å². The minimum absolute atomic E-state index is 0. The quantitative estimate of drug-likeness (QED) is 0.281. The molecule has 0 spiro atoms. The number of hydrogen-bond donors (Lipinski definition) is 3. The van der Waals surface area contributed by atoms with E-state index in [-0.39, 0.29) is 35.9 Å². The molecule has 1 unspecified atom stereocenters. The Labute approximate surface area is 195 Å². The van der Waals surface area contributed by atoms with Crippen LogP contribution in [-0.2, 0) is 17.4 Å². The molecule has 2 rings (SSSR count). The lowest BCUT2D eigenvalue weighted by molar-refractivity contribution is 0.0657. The molecule has 0 bridgehead atoms. The summed E-state index contributed by atoms with van der Waals surface area (Å²) in [5.41, 5.74) is 0.909. The van der Waals surface area contributed by atoms with Gasteiger partial charge in [0.15, 0.2) is 5.96 Å². The molecule has 0 fully saturated rings. The highest BCUT2D eigenvalue weighted by molar-refractivity contribution is 14.0. The maximum absolute atomic E-state index is 10.8. The smallest absolute Gasteiger partial charge is 0.191 e. The van der Waals surface area contributed by atoms with Crippen molar-refractivity contribution < 1.29 is 9.52 Å². The molecule has 2 aromatic heterocycles. The first kappa shape index (κ1) is 25.9. The maximum Gasteiger partial charge on any atom is 0.191 e. The van der Waals surface area contributed by atoms with Crippen LogP contribution in [0.5, 0.6) is 0 Å². The highest BCUT2D eigenvalue weighted by Gasteiger charge is 2.27. The third-order valence-corrected chi connectivity index (χ3v) is 5.37. The number of thiazole rings is 1. The van der Waals surface area contributed by atoms with Crippen molar-refractivity contribution in [1.29, 1.82) is 0 Å². The van der Waals surface area contributed by atoms with Crippen LogP contribution in [0.25, 0.3) is 0 Å². The lowest BCUT2D eigenvalue weighted by Crippen LogP contribution is -2.39. The Hall–Kier alpha value is -1.13. The number of aliphatic hydroxyl groups is 1. The number of hydrogen-bond acceptors (Lipinski definition) is 5. The van der Waals surface area contributed by atoms with E-state index in [1.54, 1.807) is 18.3 Å². The molecule has 0 aromatic carbocycles. The van der Waals surface area contributed by atoms with Crippen LogP contribution in [0.15, 0.2) is 20.9 Å². The predicted octanol–water partition coefficient (Wildman–Crippen LogP) is 4.27. The first-order chi connectivity index (χ1) is 13.0. The average molecular weight is 535 g/mol. The first-order valence-electron chi connectivity index (χ1n) is 9.80. The molecular weight excluding hydrogens is 499 g/mol. The van der Waals surface area contributed by atoms with E-state index in [1.807, 2.05) is 26.8 Å². The third-order valence-electron chi connectivity index (χ3n) is 4.46. The summed E-state index contributed by atoms with van der Waals surface area (Å²) in [4.78, 5) is 9.30. The van der Waals surface area contributed by atoms with Gasteiger partial charge < -0.3 is 20.2 Å². The van der Waals surface area contributed by atoms with Gasteiger partial charge in [-0.15, -0.1) is 35.3 Å². The number of rotatable bonds is 7. The van der Waals surface area contributed by atoms with E-state index < -0.39 is 5.60 Å². The highest BCUT2D eigenvalue weighted by Crippen LogP contribution is 2.27. The molecule has 3 N–H and O–H groups in total. The molecule has 164 valence electrons. The summed E-state index contributed by atoms with van der Waals surface area (Å²) in [5, 5.41) is 20.7. The summed E-state index contributed by atoms with van der Waals surface area (Å²) in [6.07, 6.45) is 0.835. The van der Waals surface area contributed by atoms with Crippen molar-refractivity contribution in [3.63, 3.8) is 0 Å². The van der Waals surface area contributed by atoms with Gasteiger partial charge in [-0.1, -0.05) is 20.8 Å². The monoisotopic (exact) mass is 534 g/mol. The van der Waals surface area contributed by atoms with Crippen LogP contribution in [0.1, 0.15) is 62.4 Å². The average Bonchev–Trinajstić information content (AvgIpc) is 3.19. The number of furan rings is 1. The number of aromatic nitrogens is 1. The number of nitrogens with zero attached hydrogens (tertiary/aromatic N) is 2. The molecule has 6 nitrogen and oxygen atoms in total. The molecule has 0 saturated heterocycles. The van der Waals surface area contributed by atoms with Crippen LogP contribution in [-0.4, -0.2) is 35.7 Å². The van der Waals surface area contributed by atoms with E-state index in [1.165, 1.54) is 0 Å². The lowest BCUT2D eigenvalue weighted by Gasteiger charge is -2.21. The van der Waals surface area contributed by atoms with Crippen LogP contribution in [0.4, 0.5) is 0 Å². The Bertz CT molecular complexity index is 806. The van der Waals surface area contributed by atoms with Crippen LogP contribution >= 0.6 is 35.3 Å². The number of halogens is 1. The van der Waals surface area contributed by atoms with E-state index in [0.29, 0.717) is 5.96 Å². The molecular formula is C21H35IN4O2S. The molecule has 0 aliphatic carbocycles. The zero-order chi connectivity index (χ0) is 20.9. The molecule has 2 aromatic rings. The van der Waals surface area contributed by atoms with Crippen molar-refractivity contribution in [3.8, 4) is 0 Å². The number of nitrogens with one attached hydrogen (secondary N) is 2. The van der Waals surface area contributed by atoms with Gasteiger partial charge in [0, 0.05) is 35.9 Å². The third kappa shape index (κ3) is 7.57. The Morgan fingerprint density at radius 1 is 1.24 bits per heavy atom. The number of aliphatic imine (C=N–C) groups is 1. The van der Waals surface area contributed by atoms with Crippen molar-refractivity contribution in [2.75, 3.05) is 19.6 Å². The highest BCUT2D eigenvalue weighted by atomic mass is 127. The van der Waals surface area contributed by atoms with E-state index in [2.05, 4.69) is 41.8 Å². The lowest BCUT2D eigenvalue weighted by atomic mass is 9.93. The summed E-state index contributed by atoms with van der Waals surface area (Å²) in [6.45, 7) is 15.8. The summed E-state index contributed by atoms with van der Waals surface area (Å²) >= 11 is 1.70. The molecule has 1 atom stereocenters. The van der Waals surface area contributed by atoms with E-state index in [0.717, 1.165) is 47.3 Å². The van der Waals surface area contributed by atoms with Gasteiger partial charge in [-0.05, 0) is 33.8 Å². The first-order valence-corrected chi connectivity index (χ1v) is 10.7.